The van der Waals surface area contributed by atoms with Crippen LogP contribution in [0.3, 0.4) is 0 Å². The maximum Gasteiger partial charge on any atom is 0.251 e. The number of nitrogens with two attached hydrogens (primary N) is 1. The summed E-state index contributed by atoms with van der Waals surface area (Å²) in [6.45, 7) is 0.545. The monoisotopic (exact) mass is 302 g/mol. The Hall–Kier alpha value is -1.84. The van der Waals surface area contributed by atoms with E-state index in [0.29, 0.717) is 24.1 Å². The van der Waals surface area contributed by atoms with Crippen LogP contribution in [-0.4, -0.2) is 11.9 Å². The van der Waals surface area contributed by atoms with Gasteiger partial charge in [-0.25, -0.2) is 0 Å². The van der Waals surface area contributed by atoms with Crippen LogP contribution < -0.4 is 11.1 Å². The highest BCUT2D eigenvalue weighted by atomic mass is 35.5. The minimum absolute atomic E-state index is 0. The van der Waals surface area contributed by atoms with E-state index in [9.17, 15) is 4.79 Å². The fourth-order valence-electron chi connectivity index (χ4n) is 2.41. The summed E-state index contributed by atoms with van der Waals surface area (Å²) in [5.74, 6) is 0.457. The lowest BCUT2D eigenvalue weighted by Gasteiger charge is -2.07. The molecule has 3 N–H and O–H groups in total. The van der Waals surface area contributed by atoms with Crippen LogP contribution in [0.2, 0.25) is 0 Å². The van der Waals surface area contributed by atoms with Crippen LogP contribution in [0.4, 0.5) is 0 Å². The molecule has 0 spiro atoms. The van der Waals surface area contributed by atoms with Crippen LogP contribution >= 0.6 is 12.4 Å². The average Bonchev–Trinajstić information content (AvgIpc) is 3.23. The van der Waals surface area contributed by atoms with Gasteiger partial charge in [-0.15, -0.1) is 12.4 Å². The number of amides is 1. The first kappa shape index (κ1) is 15.5. The topological polar surface area (TPSA) is 55.1 Å². The second-order valence-electron chi connectivity index (χ2n) is 5.30. The van der Waals surface area contributed by atoms with Crippen LogP contribution in [0.15, 0.2) is 54.6 Å². The number of hydrogen-bond donors (Lipinski definition) is 2. The highest BCUT2D eigenvalue weighted by molar-refractivity contribution is 5.94. The summed E-state index contributed by atoms with van der Waals surface area (Å²) < 4.78 is 0. The van der Waals surface area contributed by atoms with E-state index < -0.39 is 0 Å². The fourth-order valence-corrected chi connectivity index (χ4v) is 2.41. The molecule has 1 aliphatic rings. The van der Waals surface area contributed by atoms with Crippen molar-refractivity contribution in [3.63, 3.8) is 0 Å². The van der Waals surface area contributed by atoms with Crippen molar-refractivity contribution in [2.75, 3.05) is 0 Å². The molecule has 0 aliphatic heterocycles. The first-order chi connectivity index (χ1) is 9.74. The standard InChI is InChI=1S/C17H18N2O.ClH/c18-16-10-15(16)14-8-4-5-12(9-14)11-19-17(20)13-6-2-1-3-7-13;/h1-9,15-16H,10-11,18H2,(H,19,20);1H. The molecule has 2 aromatic carbocycles. The maximum absolute atomic E-state index is 12.0. The summed E-state index contributed by atoms with van der Waals surface area (Å²) in [6.07, 6.45) is 1.07. The lowest BCUT2D eigenvalue weighted by atomic mass is 10.1. The van der Waals surface area contributed by atoms with Gasteiger partial charge in [-0.05, 0) is 29.7 Å². The smallest absolute Gasteiger partial charge is 0.251 e. The molecule has 21 heavy (non-hydrogen) atoms. The molecule has 2 atom stereocenters. The molecule has 2 unspecified atom stereocenters. The van der Waals surface area contributed by atoms with Crippen molar-refractivity contribution in [2.24, 2.45) is 5.73 Å². The minimum Gasteiger partial charge on any atom is -0.348 e. The minimum atomic E-state index is -0.0425. The van der Waals surface area contributed by atoms with Crippen molar-refractivity contribution in [3.8, 4) is 0 Å². The van der Waals surface area contributed by atoms with Crippen LogP contribution in [0.5, 0.6) is 0 Å². The molecule has 0 saturated heterocycles. The molecule has 4 heteroatoms. The predicted octanol–water partition coefficient (Wildman–Crippen LogP) is 2.85. The molecule has 0 heterocycles. The highest BCUT2D eigenvalue weighted by Crippen LogP contribution is 2.38. The van der Waals surface area contributed by atoms with Crippen LogP contribution in [0.25, 0.3) is 0 Å². The molecule has 1 fully saturated rings. The van der Waals surface area contributed by atoms with Gasteiger partial charge in [0.2, 0.25) is 0 Å². The van der Waals surface area contributed by atoms with Crippen molar-refractivity contribution < 1.29 is 4.79 Å². The molecule has 3 rings (SSSR count). The molecule has 2 aromatic rings. The zero-order chi connectivity index (χ0) is 13.9. The number of halogens is 1. The first-order valence-electron chi connectivity index (χ1n) is 6.92. The summed E-state index contributed by atoms with van der Waals surface area (Å²) in [6, 6.07) is 17.9. The summed E-state index contributed by atoms with van der Waals surface area (Å²) in [5.41, 5.74) is 8.96. The van der Waals surface area contributed by atoms with Gasteiger partial charge >= 0.3 is 0 Å². The molecule has 1 saturated carbocycles. The third kappa shape index (κ3) is 3.84. The fraction of sp³-hybridized carbons (Fsp3) is 0.235. The van der Waals surface area contributed by atoms with Crippen molar-refractivity contribution >= 4 is 18.3 Å². The van der Waals surface area contributed by atoms with Crippen molar-refractivity contribution in [2.45, 2.75) is 24.9 Å². The van der Waals surface area contributed by atoms with Crippen LogP contribution in [-0.2, 0) is 6.54 Å². The van der Waals surface area contributed by atoms with E-state index in [4.69, 9.17) is 5.73 Å². The third-order valence-electron chi connectivity index (χ3n) is 3.71. The number of carbonyl (C=O) groups is 1. The highest BCUT2D eigenvalue weighted by Gasteiger charge is 2.34. The Morgan fingerprint density at radius 2 is 1.86 bits per heavy atom. The lowest BCUT2D eigenvalue weighted by molar-refractivity contribution is 0.0951. The Kier molecular flexibility index (Phi) is 4.99. The van der Waals surface area contributed by atoms with Gasteiger partial charge in [-0.2, -0.15) is 0 Å². The number of nitrogens with one attached hydrogen (secondary N) is 1. The second kappa shape index (κ2) is 6.74. The first-order valence-corrected chi connectivity index (χ1v) is 6.92. The molecule has 1 aliphatic carbocycles. The zero-order valence-electron chi connectivity index (χ0n) is 11.7. The normalized spacial score (nSPS) is 19.5. The van der Waals surface area contributed by atoms with E-state index in [0.717, 1.165) is 12.0 Å². The number of carbonyl (C=O) groups excluding carboxylic acids is 1. The summed E-state index contributed by atoms with van der Waals surface area (Å²) in [4.78, 5) is 12.0. The van der Waals surface area contributed by atoms with Crippen molar-refractivity contribution in [1.82, 2.24) is 5.32 Å². The van der Waals surface area contributed by atoms with Gasteiger partial charge in [0.1, 0.15) is 0 Å². The van der Waals surface area contributed by atoms with E-state index in [1.54, 1.807) is 0 Å². The maximum atomic E-state index is 12.0. The summed E-state index contributed by atoms with van der Waals surface area (Å²) in [7, 11) is 0. The molecule has 0 bridgehead atoms. The van der Waals surface area contributed by atoms with Gasteiger partial charge in [-0.3, -0.25) is 4.79 Å². The van der Waals surface area contributed by atoms with E-state index in [1.165, 1.54) is 5.56 Å². The summed E-state index contributed by atoms with van der Waals surface area (Å²) >= 11 is 0. The zero-order valence-corrected chi connectivity index (χ0v) is 12.5. The largest absolute Gasteiger partial charge is 0.348 e. The SMILES string of the molecule is Cl.NC1CC1c1cccc(CNC(=O)c2ccccc2)c1. The number of rotatable bonds is 4. The third-order valence-corrected chi connectivity index (χ3v) is 3.71. The van der Waals surface area contributed by atoms with Gasteiger partial charge in [0.15, 0.2) is 0 Å². The Morgan fingerprint density at radius 1 is 1.14 bits per heavy atom. The van der Waals surface area contributed by atoms with Crippen molar-refractivity contribution in [3.05, 3.63) is 71.3 Å². The van der Waals surface area contributed by atoms with Crippen LogP contribution in [0.1, 0.15) is 33.8 Å². The van der Waals surface area contributed by atoms with E-state index in [1.807, 2.05) is 42.5 Å². The summed E-state index contributed by atoms with van der Waals surface area (Å²) in [5, 5.41) is 2.94. The molecular weight excluding hydrogens is 284 g/mol. The number of benzene rings is 2. The average molecular weight is 303 g/mol. The predicted molar refractivity (Wildman–Crippen MR) is 86.6 cm³/mol. The van der Waals surface area contributed by atoms with E-state index in [2.05, 4.69) is 17.4 Å². The molecule has 0 aromatic heterocycles. The lowest BCUT2D eigenvalue weighted by Crippen LogP contribution is -2.22. The second-order valence-corrected chi connectivity index (χ2v) is 5.30. The van der Waals surface area contributed by atoms with E-state index in [-0.39, 0.29) is 18.3 Å². The Labute approximate surface area is 131 Å². The van der Waals surface area contributed by atoms with Gasteiger partial charge < -0.3 is 11.1 Å². The van der Waals surface area contributed by atoms with Gasteiger partial charge in [0.05, 0.1) is 0 Å². The van der Waals surface area contributed by atoms with Crippen molar-refractivity contribution in [1.29, 1.82) is 0 Å². The van der Waals surface area contributed by atoms with Gasteiger partial charge in [-0.1, -0.05) is 42.5 Å². The van der Waals surface area contributed by atoms with E-state index >= 15 is 0 Å². The van der Waals surface area contributed by atoms with Crippen LogP contribution in [0, 0.1) is 0 Å². The molecule has 1 amide bonds. The molecule has 0 radical (unpaired) electrons. The Morgan fingerprint density at radius 3 is 2.52 bits per heavy atom. The Bertz CT molecular complexity index is 615. The molecule has 110 valence electrons. The van der Waals surface area contributed by atoms with Gasteiger partial charge in [0, 0.05) is 24.1 Å². The molecular formula is C17H19ClN2O. The number of hydrogen-bond acceptors (Lipinski definition) is 2. The quantitative estimate of drug-likeness (QED) is 0.912. The Balaban J connectivity index is 0.00000161. The molecule has 3 nitrogen and oxygen atoms in total. The van der Waals surface area contributed by atoms with Gasteiger partial charge in [0.25, 0.3) is 5.91 Å².